The second kappa shape index (κ2) is 8.28. The fourth-order valence-electron chi connectivity index (χ4n) is 2.90. The number of amides is 1. The van der Waals surface area contributed by atoms with Crippen molar-refractivity contribution in [2.24, 2.45) is 0 Å². The van der Waals surface area contributed by atoms with Crippen LogP contribution in [0.1, 0.15) is 40.1 Å². The molecule has 0 aliphatic rings. The second-order valence-electron chi connectivity index (χ2n) is 6.59. The number of benzene rings is 2. The number of nitrogens with zero attached hydrogens (tertiary/aromatic N) is 2. The molecule has 0 bridgehead atoms. The van der Waals surface area contributed by atoms with E-state index in [2.05, 4.69) is 10.4 Å². The molecule has 0 aliphatic carbocycles. The molecule has 0 radical (unpaired) electrons. The lowest BCUT2D eigenvalue weighted by atomic mass is 10.0. The number of halogens is 6. The van der Waals surface area contributed by atoms with E-state index in [-0.39, 0.29) is 11.1 Å². The van der Waals surface area contributed by atoms with E-state index in [0.717, 1.165) is 6.07 Å². The Morgan fingerprint density at radius 3 is 2.47 bits per heavy atom. The molecule has 158 valence electrons. The van der Waals surface area contributed by atoms with E-state index >= 15 is 0 Å². The van der Waals surface area contributed by atoms with Crippen molar-refractivity contribution < 1.29 is 22.4 Å². The monoisotopic (exact) mass is 459 g/mol. The quantitative estimate of drug-likeness (QED) is 0.476. The molecule has 1 N–H and O–H groups in total. The van der Waals surface area contributed by atoms with Crippen LogP contribution in [0.4, 0.5) is 17.6 Å². The summed E-state index contributed by atoms with van der Waals surface area (Å²) in [4.78, 5) is 12.7. The first-order valence-electron chi connectivity index (χ1n) is 8.66. The third kappa shape index (κ3) is 4.44. The summed E-state index contributed by atoms with van der Waals surface area (Å²) in [7, 11) is 0. The first kappa shape index (κ1) is 22.1. The molecule has 0 spiro atoms. The van der Waals surface area contributed by atoms with Crippen LogP contribution in [-0.2, 0) is 6.18 Å². The van der Waals surface area contributed by atoms with Gasteiger partial charge in [-0.2, -0.15) is 18.3 Å². The average molecular weight is 460 g/mol. The highest BCUT2D eigenvalue weighted by atomic mass is 35.5. The third-order valence-corrected chi connectivity index (χ3v) is 5.28. The number of alkyl halides is 3. The van der Waals surface area contributed by atoms with E-state index in [0.29, 0.717) is 27.5 Å². The minimum Gasteiger partial charge on any atom is -0.345 e. The molecular formula is C20H15Cl2F4N3O. The predicted octanol–water partition coefficient (Wildman–Crippen LogP) is 6.14. The zero-order valence-corrected chi connectivity index (χ0v) is 17.2. The van der Waals surface area contributed by atoms with Crippen molar-refractivity contribution in [3.05, 3.63) is 80.8 Å². The number of hydrogen-bond donors (Lipinski definition) is 1. The van der Waals surface area contributed by atoms with E-state index in [1.54, 1.807) is 25.1 Å². The van der Waals surface area contributed by atoms with Gasteiger partial charge < -0.3 is 5.32 Å². The maximum absolute atomic E-state index is 13.5. The fourth-order valence-corrected chi connectivity index (χ4v) is 3.19. The maximum Gasteiger partial charge on any atom is 0.419 e. The molecule has 1 atom stereocenters. The Kier molecular flexibility index (Phi) is 6.10. The molecule has 10 heteroatoms. The van der Waals surface area contributed by atoms with Gasteiger partial charge in [-0.3, -0.25) is 4.79 Å². The molecule has 0 fully saturated rings. The Hall–Kier alpha value is -2.58. The van der Waals surface area contributed by atoms with Crippen molar-refractivity contribution in [1.82, 2.24) is 15.1 Å². The van der Waals surface area contributed by atoms with Crippen molar-refractivity contribution in [1.29, 1.82) is 0 Å². The largest absolute Gasteiger partial charge is 0.419 e. The van der Waals surface area contributed by atoms with Crippen molar-refractivity contribution in [3.63, 3.8) is 0 Å². The van der Waals surface area contributed by atoms with Gasteiger partial charge in [0, 0.05) is 0 Å². The third-order valence-electron chi connectivity index (χ3n) is 4.55. The summed E-state index contributed by atoms with van der Waals surface area (Å²) in [5.74, 6) is -1.91. The van der Waals surface area contributed by atoms with Gasteiger partial charge in [-0.05, 0) is 49.7 Å². The van der Waals surface area contributed by atoms with Crippen LogP contribution in [0.2, 0.25) is 10.0 Å². The molecule has 2 aromatic carbocycles. The molecule has 0 saturated heterocycles. The second-order valence-corrected chi connectivity index (χ2v) is 7.40. The average Bonchev–Trinajstić information content (AvgIpc) is 3.04. The molecule has 0 unspecified atom stereocenters. The highest BCUT2D eigenvalue weighted by Gasteiger charge is 2.34. The Labute approximate surface area is 179 Å². The van der Waals surface area contributed by atoms with E-state index < -0.39 is 29.5 Å². The SMILES string of the molecule is Cc1c(C(=O)N[C@@H](C)c2ccc(F)c(C(F)(F)F)c2)cnn1-c1ccc(Cl)c(Cl)c1. The topological polar surface area (TPSA) is 46.9 Å². The zero-order valence-electron chi connectivity index (χ0n) is 15.7. The van der Waals surface area contributed by atoms with Gasteiger partial charge in [0.1, 0.15) is 5.82 Å². The number of hydrogen-bond acceptors (Lipinski definition) is 2. The Morgan fingerprint density at radius 1 is 1.13 bits per heavy atom. The van der Waals surface area contributed by atoms with Crippen LogP contribution in [0.15, 0.2) is 42.6 Å². The van der Waals surface area contributed by atoms with Gasteiger partial charge in [0.25, 0.3) is 5.91 Å². The molecule has 0 saturated carbocycles. The lowest BCUT2D eigenvalue weighted by molar-refractivity contribution is -0.140. The molecule has 3 aromatic rings. The van der Waals surface area contributed by atoms with E-state index in [9.17, 15) is 22.4 Å². The van der Waals surface area contributed by atoms with E-state index in [1.807, 2.05) is 0 Å². The van der Waals surface area contributed by atoms with E-state index in [4.69, 9.17) is 23.2 Å². The molecular weight excluding hydrogens is 445 g/mol. The van der Waals surface area contributed by atoms with Gasteiger partial charge in [-0.1, -0.05) is 29.3 Å². The molecule has 1 amide bonds. The molecule has 30 heavy (non-hydrogen) atoms. The number of nitrogens with one attached hydrogen (secondary N) is 1. The zero-order chi connectivity index (χ0) is 22.2. The summed E-state index contributed by atoms with van der Waals surface area (Å²) in [6.07, 6.45) is -3.49. The Morgan fingerprint density at radius 2 is 1.83 bits per heavy atom. The molecule has 1 heterocycles. The minimum atomic E-state index is -4.83. The number of carbonyl (C=O) groups is 1. The summed E-state index contributed by atoms with van der Waals surface area (Å²) in [5.41, 5.74) is 0.0397. The lowest BCUT2D eigenvalue weighted by Crippen LogP contribution is -2.27. The predicted molar refractivity (Wildman–Crippen MR) is 106 cm³/mol. The number of rotatable bonds is 4. The lowest BCUT2D eigenvalue weighted by Gasteiger charge is -2.17. The molecule has 4 nitrogen and oxygen atoms in total. The summed E-state index contributed by atoms with van der Waals surface area (Å²) in [6.45, 7) is 3.17. The van der Waals surface area contributed by atoms with Crippen LogP contribution in [0, 0.1) is 12.7 Å². The van der Waals surface area contributed by atoms with Gasteiger partial charge in [0.15, 0.2) is 0 Å². The van der Waals surface area contributed by atoms with Crippen molar-refractivity contribution >= 4 is 29.1 Å². The molecule has 0 aliphatic heterocycles. The van der Waals surface area contributed by atoms with E-state index in [1.165, 1.54) is 23.9 Å². The summed E-state index contributed by atoms with van der Waals surface area (Å²) < 4.78 is 53.8. The van der Waals surface area contributed by atoms with Gasteiger partial charge in [0.2, 0.25) is 0 Å². The van der Waals surface area contributed by atoms with Crippen LogP contribution in [-0.4, -0.2) is 15.7 Å². The first-order chi connectivity index (χ1) is 14.0. The Bertz CT molecular complexity index is 1110. The van der Waals surface area contributed by atoms with Crippen LogP contribution in [0.5, 0.6) is 0 Å². The highest BCUT2D eigenvalue weighted by molar-refractivity contribution is 6.42. The van der Waals surface area contributed by atoms with Crippen LogP contribution in [0.25, 0.3) is 5.69 Å². The summed E-state index contributed by atoms with van der Waals surface area (Å²) >= 11 is 11.9. The summed E-state index contributed by atoms with van der Waals surface area (Å²) in [5, 5.41) is 7.47. The molecule has 1 aromatic heterocycles. The van der Waals surface area contributed by atoms with Gasteiger partial charge in [0.05, 0.1) is 44.8 Å². The maximum atomic E-state index is 13.5. The normalized spacial score (nSPS) is 12.7. The molecule has 3 rings (SSSR count). The van der Waals surface area contributed by atoms with Crippen LogP contribution < -0.4 is 5.32 Å². The van der Waals surface area contributed by atoms with Crippen LogP contribution >= 0.6 is 23.2 Å². The van der Waals surface area contributed by atoms with Crippen molar-refractivity contribution in [3.8, 4) is 5.69 Å². The van der Waals surface area contributed by atoms with Gasteiger partial charge >= 0.3 is 6.18 Å². The van der Waals surface area contributed by atoms with Crippen molar-refractivity contribution in [2.45, 2.75) is 26.1 Å². The highest BCUT2D eigenvalue weighted by Crippen LogP contribution is 2.33. The standard InChI is InChI=1S/C20H15Cl2F4N3O/c1-10(12-3-6-18(23)15(7-12)20(24,25)26)28-19(30)14-9-27-29(11(14)2)13-4-5-16(21)17(22)8-13/h3-10H,1-2H3,(H,28,30)/t10-/m0/s1. The first-order valence-corrected chi connectivity index (χ1v) is 9.42. The Balaban J connectivity index is 1.83. The smallest absolute Gasteiger partial charge is 0.345 e. The number of aromatic nitrogens is 2. The van der Waals surface area contributed by atoms with Crippen molar-refractivity contribution in [2.75, 3.05) is 0 Å². The van der Waals surface area contributed by atoms with Crippen LogP contribution in [0.3, 0.4) is 0 Å². The fraction of sp³-hybridized carbons (Fsp3) is 0.200. The van der Waals surface area contributed by atoms with Gasteiger partial charge in [-0.15, -0.1) is 0 Å². The number of carbonyl (C=O) groups excluding carboxylic acids is 1. The van der Waals surface area contributed by atoms with Gasteiger partial charge in [-0.25, -0.2) is 9.07 Å². The summed E-state index contributed by atoms with van der Waals surface area (Å²) in [6, 6.07) is 6.67. The minimum absolute atomic E-state index is 0.117.